The Morgan fingerprint density at radius 1 is 1.06 bits per heavy atom. The van der Waals surface area contributed by atoms with Crippen LogP contribution in [-0.4, -0.2) is 16.8 Å². The van der Waals surface area contributed by atoms with Crippen LogP contribution >= 0.6 is 11.6 Å². The van der Waals surface area contributed by atoms with Crippen LogP contribution in [0.2, 0.25) is 5.02 Å². The lowest BCUT2D eigenvalue weighted by Crippen LogP contribution is -2.17. The van der Waals surface area contributed by atoms with Gasteiger partial charge in [0.25, 0.3) is 0 Å². The maximum atomic E-state index is 11.2. The summed E-state index contributed by atoms with van der Waals surface area (Å²) in [5.74, 6) is 0. The molecule has 0 atom stereocenters. The fraction of sp³-hybridized carbons (Fsp3) is 0.143. The maximum Gasteiger partial charge on any atom is 0.238 e. The Bertz CT molecular complexity index is 637. The van der Waals surface area contributed by atoms with Crippen molar-refractivity contribution in [2.75, 3.05) is 0 Å². The van der Waals surface area contributed by atoms with Crippen LogP contribution in [-0.2, 0) is 20.0 Å². The van der Waals surface area contributed by atoms with Crippen LogP contribution in [0.4, 0.5) is 0 Å². The van der Waals surface area contributed by atoms with E-state index in [1.54, 1.807) is 0 Å². The van der Waals surface area contributed by atoms with Crippen molar-refractivity contribution in [3.63, 3.8) is 0 Å². The zero-order valence-corrected chi connectivity index (χ0v) is 10.5. The van der Waals surface area contributed by atoms with Gasteiger partial charge in [-0.2, -0.15) is 0 Å². The van der Waals surface area contributed by atoms with Crippen LogP contribution < -0.4 is 10.3 Å². The first-order valence-electron chi connectivity index (χ1n) is 3.89. The van der Waals surface area contributed by atoms with Gasteiger partial charge in [-0.25, -0.2) is 27.1 Å². The lowest BCUT2D eigenvalue weighted by atomic mass is 10.2. The Morgan fingerprint density at radius 3 is 1.94 bits per heavy atom. The molecule has 9 heteroatoms. The minimum Gasteiger partial charge on any atom is -0.225 e. The third kappa shape index (κ3) is 2.71. The van der Waals surface area contributed by atoms with E-state index in [0.29, 0.717) is 0 Å². The normalized spacial score (nSPS) is 12.8. The summed E-state index contributed by atoms with van der Waals surface area (Å²) < 4.78 is 44.5. The van der Waals surface area contributed by atoms with Gasteiger partial charge in [-0.05, 0) is 24.6 Å². The second-order valence-electron chi connectivity index (χ2n) is 3.12. The Kier molecular flexibility index (Phi) is 3.32. The third-order valence-electron chi connectivity index (χ3n) is 1.91. The zero-order chi connectivity index (χ0) is 12.7. The van der Waals surface area contributed by atoms with Gasteiger partial charge >= 0.3 is 0 Å². The number of primary sulfonamides is 2. The second-order valence-corrected chi connectivity index (χ2v) is 6.62. The summed E-state index contributed by atoms with van der Waals surface area (Å²) in [6.07, 6.45) is 0. The first kappa shape index (κ1) is 13.4. The maximum absolute atomic E-state index is 11.2. The molecule has 0 aliphatic carbocycles. The molecule has 1 aromatic rings. The fourth-order valence-corrected chi connectivity index (χ4v) is 2.90. The van der Waals surface area contributed by atoms with Crippen molar-refractivity contribution < 1.29 is 16.8 Å². The van der Waals surface area contributed by atoms with Crippen molar-refractivity contribution >= 4 is 31.6 Å². The lowest BCUT2D eigenvalue weighted by molar-refractivity contribution is 0.595. The molecule has 0 heterocycles. The highest BCUT2D eigenvalue weighted by molar-refractivity contribution is 7.90. The molecule has 6 nitrogen and oxygen atoms in total. The van der Waals surface area contributed by atoms with Gasteiger partial charge < -0.3 is 0 Å². The first-order valence-corrected chi connectivity index (χ1v) is 7.36. The molecule has 4 N–H and O–H groups in total. The number of hydrogen-bond donors (Lipinski definition) is 2. The van der Waals surface area contributed by atoms with Gasteiger partial charge in [0.05, 0.1) is 9.79 Å². The van der Waals surface area contributed by atoms with Gasteiger partial charge in [0.2, 0.25) is 20.0 Å². The predicted molar refractivity (Wildman–Crippen MR) is 58.9 cm³/mol. The van der Waals surface area contributed by atoms with Crippen molar-refractivity contribution in [1.82, 2.24) is 0 Å². The van der Waals surface area contributed by atoms with Crippen LogP contribution in [0.15, 0.2) is 21.9 Å². The highest BCUT2D eigenvalue weighted by atomic mass is 35.5. The minimum absolute atomic E-state index is 0.0319. The highest BCUT2D eigenvalue weighted by Gasteiger charge is 2.19. The first-order chi connectivity index (χ1) is 7.03. The minimum atomic E-state index is -4.04. The number of benzene rings is 1. The summed E-state index contributed by atoms with van der Waals surface area (Å²) >= 11 is 5.69. The SMILES string of the molecule is Cc1c(Cl)cc(S(N)(=O)=O)cc1S(N)(=O)=O. The molecule has 0 bridgehead atoms. The number of rotatable bonds is 2. The average molecular weight is 285 g/mol. The standard InChI is InChI=1S/C7H9ClN2O4S2/c1-4-6(8)2-5(15(9,11)12)3-7(4)16(10,13)14/h2-3H,1H3,(H2,9,11,12)(H2,10,13,14). The summed E-state index contributed by atoms with van der Waals surface area (Å²) in [4.78, 5) is -0.754. The topological polar surface area (TPSA) is 120 Å². The average Bonchev–Trinajstić information content (AvgIpc) is 2.05. The molecule has 1 rings (SSSR count). The van der Waals surface area contributed by atoms with Crippen molar-refractivity contribution in [2.45, 2.75) is 16.7 Å². The molecule has 0 radical (unpaired) electrons. The second kappa shape index (κ2) is 3.97. The molecule has 0 spiro atoms. The van der Waals surface area contributed by atoms with Gasteiger partial charge in [-0.1, -0.05) is 11.6 Å². The van der Waals surface area contributed by atoms with Gasteiger partial charge in [0.1, 0.15) is 0 Å². The Labute approximate surface area is 98.3 Å². The number of sulfonamides is 2. The molecular formula is C7H9ClN2O4S2. The van der Waals surface area contributed by atoms with Crippen molar-refractivity contribution in [1.29, 1.82) is 0 Å². The number of nitrogens with two attached hydrogens (primary N) is 2. The largest absolute Gasteiger partial charge is 0.238 e. The van der Waals surface area contributed by atoms with Crippen molar-refractivity contribution in [3.8, 4) is 0 Å². The summed E-state index contributed by atoms with van der Waals surface area (Å²) in [7, 11) is -8.07. The van der Waals surface area contributed by atoms with E-state index in [-0.39, 0.29) is 15.5 Å². The van der Waals surface area contributed by atoms with E-state index in [1.807, 2.05) is 0 Å². The number of halogens is 1. The quantitative estimate of drug-likeness (QED) is 0.790. The van der Waals surface area contributed by atoms with Gasteiger partial charge in [0, 0.05) is 5.02 Å². The molecule has 90 valence electrons. The molecule has 0 fully saturated rings. The van der Waals surface area contributed by atoms with Gasteiger partial charge in [0.15, 0.2) is 0 Å². The fourth-order valence-electron chi connectivity index (χ4n) is 1.09. The van der Waals surface area contributed by atoms with E-state index in [4.69, 9.17) is 21.9 Å². The molecule has 1 aromatic carbocycles. The molecule has 0 unspecified atom stereocenters. The van der Waals surface area contributed by atoms with Crippen LogP contribution in [0.25, 0.3) is 0 Å². The van der Waals surface area contributed by atoms with Gasteiger partial charge in [-0.15, -0.1) is 0 Å². The Hall–Kier alpha value is -0.670. The van der Waals surface area contributed by atoms with E-state index in [1.165, 1.54) is 6.92 Å². The van der Waals surface area contributed by atoms with E-state index < -0.39 is 24.9 Å². The van der Waals surface area contributed by atoms with E-state index in [0.717, 1.165) is 12.1 Å². The summed E-state index contributed by atoms with van der Waals surface area (Å²) in [6, 6.07) is 1.95. The van der Waals surface area contributed by atoms with Crippen molar-refractivity contribution in [2.24, 2.45) is 10.3 Å². The van der Waals surface area contributed by atoms with E-state index in [9.17, 15) is 16.8 Å². The van der Waals surface area contributed by atoms with E-state index in [2.05, 4.69) is 0 Å². The molecule has 0 aliphatic rings. The summed E-state index contributed by atoms with van der Waals surface area (Å²) in [5.41, 5.74) is 0.177. The third-order valence-corrected chi connectivity index (χ3v) is 4.23. The van der Waals surface area contributed by atoms with E-state index >= 15 is 0 Å². The monoisotopic (exact) mass is 284 g/mol. The summed E-state index contributed by atoms with van der Waals surface area (Å²) in [6.45, 7) is 1.41. The molecule has 16 heavy (non-hydrogen) atoms. The molecule has 0 amide bonds. The van der Waals surface area contributed by atoms with Crippen LogP contribution in [0.1, 0.15) is 5.56 Å². The molecule has 0 saturated heterocycles. The smallest absolute Gasteiger partial charge is 0.225 e. The highest BCUT2D eigenvalue weighted by Crippen LogP contribution is 2.26. The van der Waals surface area contributed by atoms with Gasteiger partial charge in [-0.3, -0.25) is 0 Å². The molecule has 0 aliphatic heterocycles. The molecular weight excluding hydrogens is 276 g/mol. The molecule has 0 saturated carbocycles. The summed E-state index contributed by atoms with van der Waals surface area (Å²) in [5, 5.41) is 9.75. The Balaban J connectivity index is 3.72. The van der Waals surface area contributed by atoms with Crippen LogP contribution in [0, 0.1) is 6.92 Å². The van der Waals surface area contributed by atoms with Crippen molar-refractivity contribution in [3.05, 3.63) is 22.7 Å². The van der Waals surface area contributed by atoms with Crippen LogP contribution in [0.3, 0.4) is 0 Å². The molecule has 0 aromatic heterocycles. The lowest BCUT2D eigenvalue weighted by Gasteiger charge is -2.07. The Morgan fingerprint density at radius 2 is 1.56 bits per heavy atom. The van der Waals surface area contributed by atoms with Crippen LogP contribution in [0.5, 0.6) is 0 Å². The number of hydrogen-bond acceptors (Lipinski definition) is 4. The zero-order valence-electron chi connectivity index (χ0n) is 8.14. The predicted octanol–water partition coefficient (Wildman–Crippen LogP) is -0.0568.